The summed E-state index contributed by atoms with van der Waals surface area (Å²) in [5, 5.41) is 2.80. The predicted octanol–water partition coefficient (Wildman–Crippen LogP) is 3.02. The Morgan fingerprint density at radius 1 is 1.30 bits per heavy atom. The number of aryl methyl sites for hydroxylation is 1. The van der Waals surface area contributed by atoms with E-state index >= 15 is 0 Å². The van der Waals surface area contributed by atoms with Crippen LogP contribution in [-0.2, 0) is 33.3 Å². The van der Waals surface area contributed by atoms with Gasteiger partial charge in [-0.2, -0.15) is 13.2 Å². The zero-order valence-corrected chi connectivity index (χ0v) is 20.0. The van der Waals surface area contributed by atoms with Crippen molar-refractivity contribution in [2.24, 2.45) is 0 Å². The van der Waals surface area contributed by atoms with Gasteiger partial charge in [-0.25, -0.2) is 9.97 Å². The molecule has 1 aliphatic carbocycles. The molecule has 4 heterocycles. The number of benzene rings is 1. The second kappa shape index (κ2) is 9.58. The molecule has 2 fully saturated rings. The SMILES string of the molecule is O=C(Cc1nc2c(C(F)(F)F)cccc2[nH]1)N/C=C1/CN(C2CCOC2)C[C@@H]1OC1CCc2[nH]cnc21. The van der Waals surface area contributed by atoms with Crippen LogP contribution in [0.5, 0.6) is 0 Å². The number of hydrogen-bond acceptors (Lipinski definition) is 6. The maximum Gasteiger partial charge on any atom is 0.418 e. The van der Waals surface area contributed by atoms with Crippen molar-refractivity contribution in [3.63, 3.8) is 0 Å². The van der Waals surface area contributed by atoms with Crippen LogP contribution in [0.3, 0.4) is 0 Å². The normalized spacial score (nSPS) is 25.4. The minimum Gasteiger partial charge on any atom is -0.380 e. The second-order valence-electron chi connectivity index (χ2n) is 9.71. The lowest BCUT2D eigenvalue weighted by atomic mass is 10.2. The highest BCUT2D eigenvalue weighted by Crippen LogP contribution is 2.36. The largest absolute Gasteiger partial charge is 0.418 e. The van der Waals surface area contributed by atoms with Crippen LogP contribution in [0.4, 0.5) is 13.2 Å². The van der Waals surface area contributed by atoms with Gasteiger partial charge in [0.15, 0.2) is 0 Å². The van der Waals surface area contributed by atoms with Crippen LogP contribution in [0.1, 0.15) is 41.7 Å². The van der Waals surface area contributed by atoms with Gasteiger partial charge in [0.2, 0.25) is 5.91 Å². The van der Waals surface area contributed by atoms with E-state index in [0.717, 1.165) is 48.9 Å². The molecular weight excluding hydrogens is 489 g/mol. The fourth-order valence-corrected chi connectivity index (χ4v) is 5.41. The molecule has 0 saturated carbocycles. The first-order chi connectivity index (χ1) is 17.8. The van der Waals surface area contributed by atoms with Crippen LogP contribution in [0.25, 0.3) is 11.0 Å². The van der Waals surface area contributed by atoms with Crippen molar-refractivity contribution >= 4 is 16.9 Å². The van der Waals surface area contributed by atoms with E-state index in [0.29, 0.717) is 25.7 Å². The number of halogens is 3. The minimum absolute atomic E-state index is 0.108. The number of ether oxygens (including phenoxy) is 2. The van der Waals surface area contributed by atoms with Crippen LogP contribution >= 0.6 is 0 Å². The molecule has 0 bridgehead atoms. The Balaban J connectivity index is 1.16. The monoisotopic (exact) mass is 516 g/mol. The second-order valence-corrected chi connectivity index (χ2v) is 9.71. The van der Waals surface area contributed by atoms with Crippen molar-refractivity contribution in [2.75, 3.05) is 26.3 Å². The zero-order valence-electron chi connectivity index (χ0n) is 20.0. The molecule has 3 aliphatic rings. The zero-order chi connectivity index (χ0) is 25.6. The molecule has 9 nitrogen and oxygen atoms in total. The van der Waals surface area contributed by atoms with Gasteiger partial charge < -0.3 is 24.8 Å². The Hall–Kier alpha value is -3.22. The topological polar surface area (TPSA) is 108 Å². The van der Waals surface area contributed by atoms with Crippen LogP contribution in [0, 0.1) is 0 Å². The fourth-order valence-electron chi connectivity index (χ4n) is 5.41. The van der Waals surface area contributed by atoms with Gasteiger partial charge in [-0.3, -0.25) is 9.69 Å². The molecule has 2 unspecified atom stereocenters. The number of nitrogens with zero attached hydrogens (tertiary/aromatic N) is 3. The first-order valence-electron chi connectivity index (χ1n) is 12.4. The number of imidazole rings is 2. The summed E-state index contributed by atoms with van der Waals surface area (Å²) in [4.78, 5) is 29.5. The molecule has 2 saturated heterocycles. The number of amides is 1. The summed E-state index contributed by atoms with van der Waals surface area (Å²) in [6.07, 6.45) is 1.02. The van der Waals surface area contributed by atoms with Crippen molar-refractivity contribution < 1.29 is 27.4 Å². The third-order valence-electron chi connectivity index (χ3n) is 7.28. The van der Waals surface area contributed by atoms with Gasteiger partial charge in [0, 0.05) is 37.6 Å². The highest BCUT2D eigenvalue weighted by atomic mass is 19.4. The third kappa shape index (κ3) is 4.88. The van der Waals surface area contributed by atoms with Gasteiger partial charge in [-0.05, 0) is 37.0 Å². The summed E-state index contributed by atoms with van der Waals surface area (Å²) in [6, 6.07) is 4.11. The van der Waals surface area contributed by atoms with Gasteiger partial charge in [0.1, 0.15) is 17.4 Å². The summed E-state index contributed by atoms with van der Waals surface area (Å²) >= 11 is 0. The highest BCUT2D eigenvalue weighted by Gasteiger charge is 2.38. The van der Waals surface area contributed by atoms with Crippen molar-refractivity contribution in [3.8, 4) is 0 Å². The maximum atomic E-state index is 13.3. The number of carbonyl (C=O) groups excluding carboxylic acids is 1. The standard InChI is InChI=1S/C25H27F3N6O3/c26-25(27,28)16-2-1-3-18-23(16)33-21(32-18)8-22(35)29-9-14-10-34(15-6-7-36-12-15)11-20(14)37-19-5-4-17-24(19)31-13-30-17/h1-3,9,13,15,19-20H,4-8,10-12H2,(H,29,35)(H,30,31)(H,32,33)/b14-9-/t15?,19?,20-/m0/s1. The molecule has 37 heavy (non-hydrogen) atoms. The number of aromatic amines is 2. The quantitative estimate of drug-likeness (QED) is 0.465. The molecule has 1 amide bonds. The van der Waals surface area contributed by atoms with Gasteiger partial charge in [-0.15, -0.1) is 0 Å². The van der Waals surface area contributed by atoms with E-state index in [1.165, 1.54) is 12.1 Å². The summed E-state index contributed by atoms with van der Waals surface area (Å²) in [7, 11) is 0. The van der Waals surface area contributed by atoms with Crippen LogP contribution in [0.15, 0.2) is 36.3 Å². The van der Waals surface area contributed by atoms with Gasteiger partial charge in [0.05, 0.1) is 42.2 Å². The molecule has 196 valence electrons. The first-order valence-corrected chi connectivity index (χ1v) is 12.4. The number of carbonyl (C=O) groups is 1. The number of alkyl halides is 3. The number of H-pyrrole nitrogens is 2. The van der Waals surface area contributed by atoms with E-state index in [1.807, 2.05) is 0 Å². The summed E-state index contributed by atoms with van der Waals surface area (Å²) in [5.74, 6) is -0.208. The molecule has 2 aliphatic heterocycles. The van der Waals surface area contributed by atoms with Crippen molar-refractivity contribution in [3.05, 3.63) is 59.1 Å². The molecule has 2 aromatic heterocycles. The average molecular weight is 517 g/mol. The average Bonchev–Trinajstić information content (AvgIpc) is 3.66. The number of likely N-dealkylation sites (tertiary alicyclic amines) is 1. The number of hydrogen-bond donors (Lipinski definition) is 3. The third-order valence-corrected chi connectivity index (χ3v) is 7.28. The maximum absolute atomic E-state index is 13.3. The molecular formula is C25H27F3N6O3. The Labute approximate surface area is 210 Å². The van der Waals surface area contributed by atoms with Crippen LogP contribution in [0.2, 0.25) is 0 Å². The van der Waals surface area contributed by atoms with Gasteiger partial charge >= 0.3 is 6.18 Å². The lowest BCUT2D eigenvalue weighted by Crippen LogP contribution is -2.34. The van der Waals surface area contributed by atoms with Gasteiger partial charge in [0.25, 0.3) is 0 Å². The minimum atomic E-state index is -4.53. The van der Waals surface area contributed by atoms with E-state index in [9.17, 15) is 18.0 Å². The number of para-hydroxylation sites is 1. The number of fused-ring (bicyclic) bond motifs is 2. The first kappa shape index (κ1) is 24.1. The van der Waals surface area contributed by atoms with Crippen molar-refractivity contribution in [2.45, 2.75) is 50.1 Å². The molecule has 12 heteroatoms. The van der Waals surface area contributed by atoms with E-state index in [4.69, 9.17) is 9.47 Å². The predicted molar refractivity (Wildman–Crippen MR) is 126 cm³/mol. The van der Waals surface area contributed by atoms with Crippen LogP contribution < -0.4 is 5.32 Å². The highest BCUT2D eigenvalue weighted by molar-refractivity contribution is 5.83. The molecule has 0 spiro atoms. The van der Waals surface area contributed by atoms with Crippen LogP contribution in [-0.4, -0.2) is 69.2 Å². The summed E-state index contributed by atoms with van der Waals surface area (Å²) < 4.78 is 52.0. The molecule has 3 N–H and O–H groups in total. The Morgan fingerprint density at radius 3 is 3.00 bits per heavy atom. The smallest absolute Gasteiger partial charge is 0.380 e. The Kier molecular flexibility index (Phi) is 6.25. The lowest BCUT2D eigenvalue weighted by molar-refractivity contribution is -0.136. The Bertz CT molecular complexity index is 1330. The van der Waals surface area contributed by atoms with E-state index in [2.05, 4.69) is 30.2 Å². The molecule has 0 radical (unpaired) electrons. The number of rotatable bonds is 6. The van der Waals surface area contributed by atoms with E-state index < -0.39 is 11.7 Å². The number of aromatic nitrogens is 4. The Morgan fingerprint density at radius 2 is 2.19 bits per heavy atom. The van der Waals surface area contributed by atoms with E-state index in [1.54, 1.807) is 12.5 Å². The molecule has 1 aromatic carbocycles. The summed E-state index contributed by atoms with van der Waals surface area (Å²) in [6.45, 7) is 2.73. The van der Waals surface area contributed by atoms with Crippen molar-refractivity contribution in [1.82, 2.24) is 30.2 Å². The fraction of sp³-hybridized carbons (Fsp3) is 0.480. The van der Waals surface area contributed by atoms with Crippen molar-refractivity contribution in [1.29, 1.82) is 0 Å². The molecule has 6 rings (SSSR count). The molecule has 3 aromatic rings. The number of nitrogens with one attached hydrogen (secondary N) is 3. The summed E-state index contributed by atoms with van der Waals surface area (Å²) in [5.41, 5.74) is 2.20. The van der Waals surface area contributed by atoms with E-state index in [-0.39, 0.29) is 41.4 Å². The van der Waals surface area contributed by atoms with Gasteiger partial charge in [-0.1, -0.05) is 6.07 Å². The molecule has 3 atom stereocenters. The lowest BCUT2D eigenvalue weighted by Gasteiger charge is -2.22.